The number of nitrogens with two attached hydrogens (primary N) is 1. The molecular weight excluding hydrogens is 415 g/mol. The van der Waals surface area contributed by atoms with E-state index >= 15 is 0 Å². The molecule has 1 fully saturated rings. The second-order valence-electron chi connectivity index (χ2n) is 7.28. The average Bonchev–Trinajstić information content (AvgIpc) is 2.73. The minimum atomic E-state index is -0.481. The van der Waals surface area contributed by atoms with Crippen LogP contribution in [0, 0.1) is 22.0 Å². The Balaban J connectivity index is 1.66. The lowest BCUT2D eigenvalue weighted by Crippen LogP contribution is -2.25. The standard InChI is InChI=1S/C19H24Cl2N6O2/c20-15-5-6-16(21)14(7-15)10-24-19-25-11-17(27(28)29)18(26-19)23-9-13-3-1-12(8-22)2-4-13/h5-7,11-13H,1-4,8-10,22H2,(H2,23,24,25,26)/t12-,13-. The van der Waals surface area contributed by atoms with E-state index < -0.39 is 4.92 Å². The maximum absolute atomic E-state index is 11.3. The number of nitro groups is 1. The lowest BCUT2D eigenvalue weighted by Gasteiger charge is -2.27. The van der Waals surface area contributed by atoms with Gasteiger partial charge in [0.2, 0.25) is 11.8 Å². The lowest BCUT2D eigenvalue weighted by atomic mass is 9.82. The van der Waals surface area contributed by atoms with Crippen LogP contribution in [0.5, 0.6) is 0 Å². The second-order valence-corrected chi connectivity index (χ2v) is 8.12. The van der Waals surface area contributed by atoms with Gasteiger partial charge >= 0.3 is 5.69 Å². The van der Waals surface area contributed by atoms with Crippen molar-refractivity contribution in [2.75, 3.05) is 23.7 Å². The number of rotatable bonds is 8. The molecule has 0 saturated heterocycles. The van der Waals surface area contributed by atoms with Crippen molar-refractivity contribution >= 4 is 40.7 Å². The van der Waals surface area contributed by atoms with Crippen LogP contribution < -0.4 is 16.4 Å². The molecule has 1 aromatic carbocycles. The van der Waals surface area contributed by atoms with Gasteiger partial charge in [0.1, 0.15) is 6.20 Å². The first-order valence-electron chi connectivity index (χ1n) is 9.59. The van der Waals surface area contributed by atoms with Crippen molar-refractivity contribution in [1.82, 2.24) is 9.97 Å². The van der Waals surface area contributed by atoms with E-state index in [0.29, 0.717) is 35.0 Å². The molecule has 0 radical (unpaired) electrons. The highest BCUT2D eigenvalue weighted by Crippen LogP contribution is 2.29. The lowest BCUT2D eigenvalue weighted by molar-refractivity contribution is -0.384. The molecule has 0 spiro atoms. The number of nitrogens with one attached hydrogen (secondary N) is 2. The van der Waals surface area contributed by atoms with Crippen LogP contribution in [0.15, 0.2) is 24.4 Å². The first-order chi connectivity index (χ1) is 14.0. The first-order valence-corrected chi connectivity index (χ1v) is 10.3. The van der Waals surface area contributed by atoms with E-state index in [1.54, 1.807) is 18.2 Å². The third kappa shape index (κ3) is 5.91. The Morgan fingerprint density at radius 2 is 1.90 bits per heavy atom. The van der Waals surface area contributed by atoms with Gasteiger partial charge in [-0.25, -0.2) is 4.98 Å². The minimum absolute atomic E-state index is 0.146. The molecule has 156 valence electrons. The van der Waals surface area contributed by atoms with Crippen molar-refractivity contribution in [2.24, 2.45) is 17.6 Å². The highest BCUT2D eigenvalue weighted by Gasteiger charge is 2.22. The SMILES string of the molecule is NC[C@H]1CC[C@H](CNc2nc(NCc3cc(Cl)ccc3Cl)ncc2[N+](=O)[O-])CC1. The topological polar surface area (TPSA) is 119 Å². The van der Waals surface area contributed by atoms with Crippen LogP contribution in [0.25, 0.3) is 0 Å². The fourth-order valence-electron chi connectivity index (χ4n) is 3.49. The zero-order valence-corrected chi connectivity index (χ0v) is 17.4. The summed E-state index contributed by atoms with van der Waals surface area (Å²) in [6.45, 7) is 1.71. The predicted octanol–water partition coefficient (Wildman–Crippen LogP) is 4.48. The van der Waals surface area contributed by atoms with Gasteiger partial charge in [0.15, 0.2) is 0 Å². The first kappa shape index (κ1) is 21.5. The average molecular weight is 439 g/mol. The summed E-state index contributed by atoms with van der Waals surface area (Å²) in [7, 11) is 0. The molecule has 8 nitrogen and oxygen atoms in total. The van der Waals surface area contributed by atoms with E-state index in [0.717, 1.165) is 37.8 Å². The van der Waals surface area contributed by atoms with Crippen LogP contribution in [0.4, 0.5) is 17.5 Å². The number of hydrogen-bond donors (Lipinski definition) is 3. The molecule has 1 aromatic heterocycles. The van der Waals surface area contributed by atoms with E-state index in [4.69, 9.17) is 28.9 Å². The summed E-state index contributed by atoms with van der Waals surface area (Å²) in [5, 5.41) is 18.7. The summed E-state index contributed by atoms with van der Waals surface area (Å²) in [6, 6.07) is 5.17. The van der Waals surface area contributed by atoms with Gasteiger partial charge in [-0.15, -0.1) is 0 Å². The minimum Gasteiger partial charge on any atom is -0.364 e. The Kier molecular flexibility index (Phi) is 7.46. The highest BCUT2D eigenvalue weighted by molar-refractivity contribution is 6.33. The van der Waals surface area contributed by atoms with Gasteiger partial charge in [0, 0.05) is 23.1 Å². The molecule has 0 unspecified atom stereocenters. The highest BCUT2D eigenvalue weighted by atomic mass is 35.5. The van der Waals surface area contributed by atoms with E-state index in [-0.39, 0.29) is 17.5 Å². The number of hydrogen-bond acceptors (Lipinski definition) is 7. The number of nitrogens with zero attached hydrogens (tertiary/aromatic N) is 3. The van der Waals surface area contributed by atoms with Crippen molar-refractivity contribution < 1.29 is 4.92 Å². The summed E-state index contributed by atoms with van der Waals surface area (Å²) in [4.78, 5) is 19.2. The van der Waals surface area contributed by atoms with E-state index in [9.17, 15) is 10.1 Å². The normalized spacial score (nSPS) is 19.0. The Morgan fingerprint density at radius 1 is 1.17 bits per heavy atom. The molecule has 0 atom stereocenters. The molecule has 0 aliphatic heterocycles. The van der Waals surface area contributed by atoms with Gasteiger partial charge in [-0.3, -0.25) is 10.1 Å². The van der Waals surface area contributed by atoms with E-state index in [1.807, 2.05) is 0 Å². The Bertz CT molecular complexity index is 859. The third-order valence-electron chi connectivity index (χ3n) is 5.27. The Labute approximate surface area is 179 Å². The number of anilines is 2. The second kappa shape index (κ2) is 10.0. The van der Waals surface area contributed by atoms with Crippen molar-refractivity contribution in [3.63, 3.8) is 0 Å². The number of halogens is 2. The molecule has 4 N–H and O–H groups in total. The quantitative estimate of drug-likeness (QED) is 0.410. The van der Waals surface area contributed by atoms with Crippen LogP contribution in [0.3, 0.4) is 0 Å². The third-order valence-corrected chi connectivity index (χ3v) is 5.87. The molecule has 1 aliphatic carbocycles. The summed E-state index contributed by atoms with van der Waals surface area (Å²) < 4.78 is 0. The monoisotopic (exact) mass is 438 g/mol. The van der Waals surface area contributed by atoms with Crippen LogP contribution in [0.1, 0.15) is 31.2 Å². The number of aromatic nitrogens is 2. The molecule has 2 aromatic rings. The van der Waals surface area contributed by atoms with Crippen molar-refractivity contribution in [3.05, 3.63) is 50.1 Å². The molecule has 29 heavy (non-hydrogen) atoms. The van der Waals surface area contributed by atoms with Crippen LogP contribution in [-0.2, 0) is 6.54 Å². The van der Waals surface area contributed by atoms with Gasteiger partial charge in [0.05, 0.1) is 4.92 Å². The van der Waals surface area contributed by atoms with Crippen LogP contribution in [0.2, 0.25) is 10.0 Å². The largest absolute Gasteiger partial charge is 0.364 e. The van der Waals surface area contributed by atoms with Gasteiger partial charge in [-0.05, 0) is 67.8 Å². The Hall–Kier alpha value is -2.16. The molecule has 1 aliphatic rings. The zero-order valence-electron chi connectivity index (χ0n) is 15.9. The maximum atomic E-state index is 11.3. The van der Waals surface area contributed by atoms with Crippen molar-refractivity contribution in [2.45, 2.75) is 32.2 Å². The fourth-order valence-corrected chi connectivity index (χ4v) is 3.87. The van der Waals surface area contributed by atoms with Gasteiger partial charge < -0.3 is 16.4 Å². The van der Waals surface area contributed by atoms with Crippen LogP contribution in [-0.4, -0.2) is 28.0 Å². The summed E-state index contributed by atoms with van der Waals surface area (Å²) in [5.41, 5.74) is 6.38. The molecule has 0 bridgehead atoms. The number of benzene rings is 1. The molecule has 3 rings (SSSR count). The predicted molar refractivity (Wildman–Crippen MR) is 115 cm³/mol. The van der Waals surface area contributed by atoms with Crippen LogP contribution >= 0.6 is 23.2 Å². The molecule has 1 heterocycles. The molecule has 10 heteroatoms. The molecule has 1 saturated carbocycles. The maximum Gasteiger partial charge on any atom is 0.329 e. The van der Waals surface area contributed by atoms with Gasteiger partial charge in [-0.1, -0.05) is 23.2 Å². The van der Waals surface area contributed by atoms with Crippen molar-refractivity contribution in [1.29, 1.82) is 0 Å². The van der Waals surface area contributed by atoms with Gasteiger partial charge in [0.25, 0.3) is 0 Å². The summed E-state index contributed by atoms with van der Waals surface area (Å²) in [5.74, 6) is 1.54. The van der Waals surface area contributed by atoms with E-state index in [2.05, 4.69) is 20.6 Å². The van der Waals surface area contributed by atoms with Crippen molar-refractivity contribution in [3.8, 4) is 0 Å². The summed E-state index contributed by atoms with van der Waals surface area (Å²) >= 11 is 12.2. The molecule has 0 amide bonds. The fraction of sp³-hybridized carbons (Fsp3) is 0.474. The van der Waals surface area contributed by atoms with E-state index in [1.165, 1.54) is 6.20 Å². The zero-order chi connectivity index (χ0) is 20.8. The van der Waals surface area contributed by atoms with Gasteiger partial charge in [-0.2, -0.15) is 4.98 Å². The molecular formula is C19H24Cl2N6O2. The summed E-state index contributed by atoms with van der Waals surface area (Å²) in [6.07, 6.45) is 5.53. The smallest absolute Gasteiger partial charge is 0.329 e. The Morgan fingerprint density at radius 3 is 2.59 bits per heavy atom.